The summed E-state index contributed by atoms with van der Waals surface area (Å²) < 4.78 is 47.9. The second-order valence-electron chi connectivity index (χ2n) is 8.76. The van der Waals surface area contributed by atoms with E-state index >= 15 is 0 Å². The molecule has 0 aliphatic rings. The van der Waals surface area contributed by atoms with E-state index in [0.29, 0.717) is 0 Å². The molecule has 0 aliphatic heterocycles. The Morgan fingerprint density at radius 3 is 2.46 bits per heavy atom. The first-order valence-electron chi connectivity index (χ1n) is 12.0. The first kappa shape index (κ1) is 27.7. The minimum Gasteiger partial charge on any atom is -0.481 e. The molecule has 41 heavy (non-hydrogen) atoms. The second-order valence-corrected chi connectivity index (χ2v) is 9.68. The van der Waals surface area contributed by atoms with E-state index in [0.717, 1.165) is 26.8 Å². The number of alkyl halides is 3. The molecule has 5 aromatic rings. The van der Waals surface area contributed by atoms with Gasteiger partial charge >= 0.3 is 11.9 Å². The molecule has 0 unspecified atom stereocenters. The zero-order valence-corrected chi connectivity index (χ0v) is 22.5. The number of nitrogens with zero attached hydrogens (tertiary/aromatic N) is 4. The molecule has 4 aromatic carbocycles. The number of halogens is 4. The summed E-state index contributed by atoms with van der Waals surface area (Å²) >= 11 is 3.35. The van der Waals surface area contributed by atoms with Gasteiger partial charge in [0.05, 0.1) is 27.6 Å². The van der Waals surface area contributed by atoms with E-state index in [1.807, 2.05) is 0 Å². The molecule has 12 heteroatoms. The van der Waals surface area contributed by atoms with Gasteiger partial charge in [0, 0.05) is 21.7 Å². The maximum absolute atomic E-state index is 13.5. The number of ether oxygens (including phenoxy) is 1. The SMILES string of the molecule is O=c1c2ccccc2nc(-c2cccc(C(F)(F)F)c2)n1N=Cc1cccc([N+](=O)[O-])c1OCc1ccc(Br)cc1. The molecule has 0 amide bonds. The molecule has 0 bridgehead atoms. The van der Waals surface area contributed by atoms with Crippen molar-refractivity contribution in [3.05, 3.63) is 133 Å². The number of hydrogen-bond donors (Lipinski definition) is 0. The fourth-order valence-electron chi connectivity index (χ4n) is 4.05. The standard InChI is InChI=1S/C29H18BrF3N4O4/c30-22-13-11-18(12-14-22)17-41-26-20(6-4-10-25(26)37(39)40)16-34-36-27(19-5-3-7-21(15-19)29(31,32)33)35-24-9-2-1-8-23(24)28(36)38/h1-16H,17H2. The number of rotatable bonds is 7. The average molecular weight is 623 g/mol. The van der Waals surface area contributed by atoms with E-state index in [1.54, 1.807) is 42.5 Å². The van der Waals surface area contributed by atoms with Gasteiger partial charge in [0.15, 0.2) is 5.82 Å². The summed E-state index contributed by atoms with van der Waals surface area (Å²) in [7, 11) is 0. The highest BCUT2D eigenvalue weighted by Crippen LogP contribution is 2.33. The van der Waals surface area contributed by atoms with Crippen LogP contribution in [0.4, 0.5) is 18.9 Å². The third-order valence-electron chi connectivity index (χ3n) is 6.03. The van der Waals surface area contributed by atoms with Crippen LogP contribution < -0.4 is 10.3 Å². The topological polar surface area (TPSA) is 99.6 Å². The molecule has 0 saturated heterocycles. The molecule has 0 fully saturated rings. The molecule has 1 aromatic heterocycles. The predicted molar refractivity (Wildman–Crippen MR) is 151 cm³/mol. The van der Waals surface area contributed by atoms with Crippen molar-refractivity contribution in [3.63, 3.8) is 0 Å². The predicted octanol–water partition coefficient (Wildman–Crippen LogP) is 7.21. The van der Waals surface area contributed by atoms with E-state index in [4.69, 9.17) is 4.74 Å². The van der Waals surface area contributed by atoms with Crippen molar-refractivity contribution in [2.24, 2.45) is 5.10 Å². The number of para-hydroxylation sites is 2. The van der Waals surface area contributed by atoms with Gasteiger partial charge in [-0.25, -0.2) is 4.98 Å². The monoisotopic (exact) mass is 622 g/mol. The van der Waals surface area contributed by atoms with Crippen LogP contribution in [-0.2, 0) is 12.8 Å². The smallest absolute Gasteiger partial charge is 0.416 e. The maximum Gasteiger partial charge on any atom is 0.416 e. The first-order valence-corrected chi connectivity index (χ1v) is 12.8. The Labute approximate surface area is 238 Å². The Bertz CT molecular complexity index is 1850. The molecule has 0 saturated carbocycles. The quantitative estimate of drug-likeness (QED) is 0.108. The molecule has 206 valence electrons. The molecule has 1 heterocycles. The lowest BCUT2D eigenvalue weighted by Gasteiger charge is -2.12. The Morgan fingerprint density at radius 2 is 1.73 bits per heavy atom. The van der Waals surface area contributed by atoms with Crippen molar-refractivity contribution in [3.8, 4) is 17.1 Å². The number of hydrogen-bond acceptors (Lipinski definition) is 6. The van der Waals surface area contributed by atoms with Crippen molar-refractivity contribution < 1.29 is 22.8 Å². The minimum atomic E-state index is -4.62. The molecular weight excluding hydrogens is 605 g/mol. The minimum absolute atomic E-state index is 0.00517. The van der Waals surface area contributed by atoms with Gasteiger partial charge in [-0.3, -0.25) is 14.9 Å². The fraction of sp³-hybridized carbons (Fsp3) is 0.0690. The fourth-order valence-corrected chi connectivity index (χ4v) is 4.32. The molecule has 0 radical (unpaired) electrons. The van der Waals surface area contributed by atoms with E-state index in [9.17, 15) is 28.1 Å². The average Bonchev–Trinajstić information content (AvgIpc) is 2.96. The van der Waals surface area contributed by atoms with Crippen LogP contribution in [0.15, 0.2) is 105 Å². The summed E-state index contributed by atoms with van der Waals surface area (Å²) in [5.41, 5.74) is -0.691. The van der Waals surface area contributed by atoms with Gasteiger partial charge in [-0.05, 0) is 48.0 Å². The zero-order chi connectivity index (χ0) is 29.1. The molecule has 0 N–H and O–H groups in total. The Balaban J connectivity index is 1.63. The van der Waals surface area contributed by atoms with Gasteiger partial charge in [0.25, 0.3) is 5.56 Å². The van der Waals surface area contributed by atoms with Gasteiger partial charge in [0.1, 0.15) is 6.61 Å². The highest BCUT2D eigenvalue weighted by molar-refractivity contribution is 9.10. The molecule has 5 rings (SSSR count). The maximum atomic E-state index is 13.5. The van der Waals surface area contributed by atoms with Crippen molar-refractivity contribution in [2.75, 3.05) is 0 Å². The zero-order valence-electron chi connectivity index (χ0n) is 20.9. The third-order valence-corrected chi connectivity index (χ3v) is 6.56. The molecule has 0 aliphatic carbocycles. The van der Waals surface area contributed by atoms with Crippen molar-refractivity contribution in [2.45, 2.75) is 12.8 Å². The molecule has 0 atom stereocenters. The second kappa shape index (κ2) is 11.3. The largest absolute Gasteiger partial charge is 0.481 e. The summed E-state index contributed by atoms with van der Waals surface area (Å²) in [4.78, 5) is 29.1. The molecule has 8 nitrogen and oxygen atoms in total. The van der Waals surface area contributed by atoms with Gasteiger partial charge in [-0.1, -0.05) is 58.4 Å². The van der Waals surface area contributed by atoms with E-state index in [1.165, 1.54) is 42.6 Å². The first-order chi connectivity index (χ1) is 19.6. The normalized spacial score (nSPS) is 11.7. The van der Waals surface area contributed by atoms with Gasteiger partial charge < -0.3 is 4.74 Å². The number of nitro benzene ring substituents is 1. The van der Waals surface area contributed by atoms with Crippen LogP contribution in [0.25, 0.3) is 22.3 Å². The highest BCUT2D eigenvalue weighted by Gasteiger charge is 2.31. The van der Waals surface area contributed by atoms with Crippen molar-refractivity contribution in [1.29, 1.82) is 0 Å². The van der Waals surface area contributed by atoms with Crippen molar-refractivity contribution >= 4 is 38.7 Å². The van der Waals surface area contributed by atoms with Crippen LogP contribution in [0.1, 0.15) is 16.7 Å². The van der Waals surface area contributed by atoms with Crippen LogP contribution >= 0.6 is 15.9 Å². The van der Waals surface area contributed by atoms with Crippen molar-refractivity contribution in [1.82, 2.24) is 9.66 Å². The van der Waals surface area contributed by atoms with E-state index < -0.39 is 22.2 Å². The third kappa shape index (κ3) is 6.02. The van der Waals surface area contributed by atoms with E-state index in [2.05, 4.69) is 26.0 Å². The van der Waals surface area contributed by atoms with Crippen LogP contribution in [0.5, 0.6) is 5.75 Å². The Hall–Kier alpha value is -4.84. The Morgan fingerprint density at radius 1 is 1.00 bits per heavy atom. The van der Waals surface area contributed by atoms with Crippen LogP contribution in [0, 0.1) is 10.1 Å². The summed E-state index contributed by atoms with van der Waals surface area (Å²) in [6.45, 7) is 0.00589. The number of fused-ring (bicyclic) bond motifs is 1. The summed E-state index contributed by atoms with van der Waals surface area (Å²) in [5.74, 6) is -0.231. The highest BCUT2D eigenvalue weighted by atomic mass is 79.9. The molecule has 0 spiro atoms. The summed E-state index contributed by atoms with van der Waals surface area (Å²) in [6.07, 6.45) is -3.44. The number of aromatic nitrogens is 2. The van der Waals surface area contributed by atoms with Gasteiger partial charge in [-0.15, -0.1) is 0 Å². The van der Waals surface area contributed by atoms with Gasteiger partial charge in [0.2, 0.25) is 5.75 Å². The lowest BCUT2D eigenvalue weighted by atomic mass is 10.1. The van der Waals surface area contributed by atoms with Crippen LogP contribution in [0.2, 0.25) is 0 Å². The molecular formula is C29H18BrF3N4O4. The van der Waals surface area contributed by atoms with Crippen LogP contribution in [0.3, 0.4) is 0 Å². The van der Waals surface area contributed by atoms with E-state index in [-0.39, 0.29) is 45.9 Å². The number of nitro groups is 1. The Kier molecular flexibility index (Phi) is 7.66. The lowest BCUT2D eigenvalue weighted by molar-refractivity contribution is -0.385. The van der Waals surface area contributed by atoms with Crippen LogP contribution in [-0.4, -0.2) is 20.8 Å². The van der Waals surface area contributed by atoms with Gasteiger partial charge in [-0.2, -0.15) is 22.9 Å². The summed E-state index contributed by atoms with van der Waals surface area (Å²) in [5, 5.41) is 16.2. The lowest BCUT2D eigenvalue weighted by Crippen LogP contribution is -2.20. The number of benzene rings is 4. The summed E-state index contributed by atoms with van der Waals surface area (Å²) in [6, 6.07) is 22.1.